The number of anilines is 1. The van der Waals surface area contributed by atoms with Gasteiger partial charge < -0.3 is 24.8 Å². The Morgan fingerprint density at radius 3 is 2.64 bits per heavy atom. The van der Waals surface area contributed by atoms with E-state index < -0.39 is 0 Å². The lowest BCUT2D eigenvalue weighted by molar-refractivity contribution is -0.129. The molecule has 0 spiro atoms. The van der Waals surface area contributed by atoms with Crippen molar-refractivity contribution in [3.05, 3.63) is 24.3 Å². The van der Waals surface area contributed by atoms with Crippen LogP contribution in [0.5, 0.6) is 5.75 Å². The zero-order chi connectivity index (χ0) is 17.9. The van der Waals surface area contributed by atoms with Gasteiger partial charge in [0.2, 0.25) is 11.8 Å². The number of hydrogen-bond donors (Lipinski definition) is 2. The van der Waals surface area contributed by atoms with Crippen molar-refractivity contribution in [3.63, 3.8) is 0 Å². The van der Waals surface area contributed by atoms with Crippen LogP contribution in [0.25, 0.3) is 0 Å². The SMILES string of the molecule is CCCOc1ccc(NC(=O)COCC(=O)NC[C@@H]2CCCO2)cc1. The minimum Gasteiger partial charge on any atom is -0.494 e. The highest BCUT2D eigenvalue weighted by Crippen LogP contribution is 2.15. The van der Waals surface area contributed by atoms with Crippen LogP contribution in [0.2, 0.25) is 0 Å². The van der Waals surface area contributed by atoms with Crippen LogP contribution in [-0.4, -0.2) is 50.9 Å². The van der Waals surface area contributed by atoms with Gasteiger partial charge in [-0.25, -0.2) is 0 Å². The highest BCUT2D eigenvalue weighted by atomic mass is 16.5. The predicted octanol–water partition coefficient (Wildman–Crippen LogP) is 1.73. The van der Waals surface area contributed by atoms with E-state index in [2.05, 4.69) is 10.6 Å². The maximum absolute atomic E-state index is 11.8. The van der Waals surface area contributed by atoms with Crippen molar-refractivity contribution in [3.8, 4) is 5.75 Å². The number of hydrogen-bond acceptors (Lipinski definition) is 5. The first-order valence-corrected chi connectivity index (χ1v) is 8.66. The largest absolute Gasteiger partial charge is 0.494 e. The maximum atomic E-state index is 11.8. The highest BCUT2D eigenvalue weighted by molar-refractivity contribution is 5.91. The molecule has 0 aromatic heterocycles. The molecule has 0 unspecified atom stereocenters. The number of benzene rings is 1. The first-order chi connectivity index (χ1) is 12.2. The fraction of sp³-hybridized carbons (Fsp3) is 0.556. The molecular weight excluding hydrogens is 324 g/mol. The minimum atomic E-state index is -0.311. The van der Waals surface area contributed by atoms with Gasteiger partial charge in [-0.05, 0) is 43.5 Å². The number of carbonyl (C=O) groups excluding carboxylic acids is 2. The van der Waals surface area contributed by atoms with Crippen molar-refractivity contribution < 1.29 is 23.8 Å². The summed E-state index contributed by atoms with van der Waals surface area (Å²) in [7, 11) is 0. The Hall–Kier alpha value is -2.12. The van der Waals surface area contributed by atoms with Crippen LogP contribution in [0, 0.1) is 0 Å². The average Bonchev–Trinajstić information content (AvgIpc) is 3.13. The highest BCUT2D eigenvalue weighted by Gasteiger charge is 2.16. The molecule has 0 bridgehead atoms. The monoisotopic (exact) mass is 350 g/mol. The van der Waals surface area contributed by atoms with E-state index in [1.54, 1.807) is 24.3 Å². The van der Waals surface area contributed by atoms with E-state index in [4.69, 9.17) is 14.2 Å². The lowest BCUT2D eigenvalue weighted by Gasteiger charge is -2.11. The van der Waals surface area contributed by atoms with Crippen molar-refractivity contribution in [1.82, 2.24) is 5.32 Å². The molecule has 2 N–H and O–H groups in total. The van der Waals surface area contributed by atoms with E-state index >= 15 is 0 Å². The summed E-state index contributed by atoms with van der Waals surface area (Å²) in [4.78, 5) is 23.4. The zero-order valence-corrected chi connectivity index (χ0v) is 14.6. The number of rotatable bonds is 10. The van der Waals surface area contributed by atoms with Gasteiger partial charge in [-0.3, -0.25) is 9.59 Å². The normalized spacial score (nSPS) is 16.4. The van der Waals surface area contributed by atoms with E-state index in [9.17, 15) is 9.59 Å². The Bertz CT molecular complexity index is 541. The second-order valence-corrected chi connectivity index (χ2v) is 5.85. The summed E-state index contributed by atoms with van der Waals surface area (Å²) in [5, 5.41) is 5.44. The summed E-state index contributed by atoms with van der Waals surface area (Å²) in [5.74, 6) is 0.203. The minimum absolute atomic E-state index is 0.0940. The summed E-state index contributed by atoms with van der Waals surface area (Å²) >= 11 is 0. The standard InChI is InChI=1S/C18H26N2O5/c1-2-9-24-15-7-5-14(6-8-15)20-18(22)13-23-12-17(21)19-11-16-4-3-10-25-16/h5-8,16H,2-4,9-13H2,1H3,(H,19,21)(H,20,22)/t16-/m0/s1. The molecule has 7 nitrogen and oxygen atoms in total. The van der Waals surface area contributed by atoms with Crippen LogP contribution in [0.1, 0.15) is 26.2 Å². The first kappa shape index (κ1) is 19.2. The van der Waals surface area contributed by atoms with E-state index in [-0.39, 0.29) is 31.1 Å². The fourth-order valence-electron chi connectivity index (χ4n) is 2.37. The van der Waals surface area contributed by atoms with Gasteiger partial charge in [0.05, 0.1) is 12.7 Å². The number of amides is 2. The lowest BCUT2D eigenvalue weighted by Crippen LogP contribution is -2.35. The van der Waals surface area contributed by atoms with Gasteiger partial charge in [0.1, 0.15) is 19.0 Å². The number of nitrogens with one attached hydrogen (secondary N) is 2. The van der Waals surface area contributed by atoms with Crippen molar-refractivity contribution in [1.29, 1.82) is 0 Å². The molecule has 0 radical (unpaired) electrons. The van der Waals surface area contributed by atoms with Crippen molar-refractivity contribution in [2.75, 3.05) is 38.3 Å². The second-order valence-electron chi connectivity index (χ2n) is 5.85. The van der Waals surface area contributed by atoms with Gasteiger partial charge in [-0.2, -0.15) is 0 Å². The fourth-order valence-corrected chi connectivity index (χ4v) is 2.37. The molecule has 0 saturated carbocycles. The molecule has 1 aromatic rings. The smallest absolute Gasteiger partial charge is 0.250 e. The summed E-state index contributed by atoms with van der Waals surface area (Å²) in [5.41, 5.74) is 0.653. The summed E-state index contributed by atoms with van der Waals surface area (Å²) < 4.78 is 16.0. The molecule has 1 aliphatic heterocycles. The Morgan fingerprint density at radius 1 is 1.20 bits per heavy atom. The van der Waals surface area contributed by atoms with Crippen molar-refractivity contribution in [2.24, 2.45) is 0 Å². The van der Waals surface area contributed by atoms with Crippen LogP contribution < -0.4 is 15.4 Å². The van der Waals surface area contributed by atoms with Crippen LogP contribution in [-0.2, 0) is 19.1 Å². The molecular formula is C18H26N2O5. The molecule has 1 saturated heterocycles. The Morgan fingerprint density at radius 2 is 1.96 bits per heavy atom. The predicted molar refractivity (Wildman–Crippen MR) is 93.7 cm³/mol. The quantitative estimate of drug-likeness (QED) is 0.671. The molecule has 0 aliphatic carbocycles. The van der Waals surface area contributed by atoms with Gasteiger partial charge >= 0.3 is 0 Å². The third kappa shape index (κ3) is 7.53. The molecule has 1 aromatic carbocycles. The van der Waals surface area contributed by atoms with Gasteiger partial charge in [0.15, 0.2) is 0 Å². The molecule has 138 valence electrons. The molecule has 1 atom stereocenters. The van der Waals surface area contributed by atoms with Gasteiger partial charge in [0, 0.05) is 18.8 Å². The number of carbonyl (C=O) groups is 2. The summed E-state index contributed by atoms with van der Waals surface area (Å²) in [6.45, 7) is 3.61. The topological polar surface area (TPSA) is 85.9 Å². The Balaban J connectivity index is 1.59. The van der Waals surface area contributed by atoms with Gasteiger partial charge in [0.25, 0.3) is 0 Å². The third-order valence-electron chi connectivity index (χ3n) is 3.63. The molecule has 1 heterocycles. The summed E-state index contributed by atoms with van der Waals surface area (Å²) in [6.07, 6.45) is 3.03. The lowest BCUT2D eigenvalue weighted by atomic mass is 10.2. The Kier molecular flexibility index (Phi) is 8.21. The van der Waals surface area contributed by atoms with Crippen molar-refractivity contribution in [2.45, 2.75) is 32.3 Å². The van der Waals surface area contributed by atoms with Crippen LogP contribution in [0.4, 0.5) is 5.69 Å². The van der Waals surface area contributed by atoms with Crippen LogP contribution in [0.15, 0.2) is 24.3 Å². The molecule has 7 heteroatoms. The average molecular weight is 350 g/mol. The Labute approximate surface area is 148 Å². The van der Waals surface area contributed by atoms with E-state index in [0.717, 1.165) is 31.6 Å². The van der Waals surface area contributed by atoms with Crippen LogP contribution in [0.3, 0.4) is 0 Å². The second kappa shape index (κ2) is 10.7. The van der Waals surface area contributed by atoms with Gasteiger partial charge in [-0.15, -0.1) is 0 Å². The van der Waals surface area contributed by atoms with E-state index in [1.165, 1.54) is 0 Å². The van der Waals surface area contributed by atoms with E-state index in [0.29, 0.717) is 18.8 Å². The van der Waals surface area contributed by atoms with Crippen molar-refractivity contribution >= 4 is 17.5 Å². The first-order valence-electron chi connectivity index (χ1n) is 8.66. The van der Waals surface area contributed by atoms with E-state index in [1.807, 2.05) is 6.92 Å². The van der Waals surface area contributed by atoms with Gasteiger partial charge in [-0.1, -0.05) is 6.92 Å². The molecule has 25 heavy (non-hydrogen) atoms. The molecule has 2 rings (SSSR count). The molecule has 1 aliphatic rings. The third-order valence-corrected chi connectivity index (χ3v) is 3.63. The molecule has 2 amide bonds. The van der Waals surface area contributed by atoms with Crippen LogP contribution >= 0.6 is 0 Å². The molecule has 1 fully saturated rings. The summed E-state index contributed by atoms with van der Waals surface area (Å²) in [6, 6.07) is 7.11. The zero-order valence-electron chi connectivity index (χ0n) is 14.6. The number of ether oxygens (including phenoxy) is 3. The maximum Gasteiger partial charge on any atom is 0.250 e.